The number of hydrogen-bond donors (Lipinski definition) is 2. The van der Waals surface area contributed by atoms with Gasteiger partial charge < -0.3 is 19.8 Å². The molecule has 2 atom stereocenters. The molecular weight excluding hydrogens is 390 g/mol. The third kappa shape index (κ3) is 4.29. The van der Waals surface area contributed by atoms with Crippen molar-refractivity contribution in [3.05, 3.63) is 35.7 Å². The summed E-state index contributed by atoms with van der Waals surface area (Å²) >= 11 is 0. The second-order valence-corrected chi connectivity index (χ2v) is 9.08. The first kappa shape index (κ1) is 20.4. The highest BCUT2D eigenvalue weighted by atomic mass is 16.5. The molecule has 0 spiro atoms. The van der Waals surface area contributed by atoms with Crippen molar-refractivity contribution in [2.75, 3.05) is 18.0 Å². The zero-order valence-electron chi connectivity index (χ0n) is 18.3. The van der Waals surface area contributed by atoms with Gasteiger partial charge in [0.25, 0.3) is 0 Å². The maximum absolute atomic E-state index is 10.3. The monoisotopic (exact) mass is 421 g/mol. The van der Waals surface area contributed by atoms with Crippen molar-refractivity contribution in [2.24, 2.45) is 0 Å². The van der Waals surface area contributed by atoms with E-state index in [2.05, 4.69) is 51.5 Å². The Morgan fingerprint density at radius 2 is 1.84 bits per heavy atom. The standard InChI is InChI=1S/C24H31N5O2/c1-15-7-8-20-17(13-15)14-19(23-25-16(2)31-28-23)24(27-20)29-11-9-18(10-12-29)26-21-5-3-4-6-22(21)30/h7-8,13-14,18,21-22,26,30H,3-6,9-12H2,1-2H3/t21-,22-/m0/s1. The Balaban J connectivity index is 1.39. The summed E-state index contributed by atoms with van der Waals surface area (Å²) in [6, 6.07) is 9.14. The van der Waals surface area contributed by atoms with Crippen LogP contribution in [-0.2, 0) is 0 Å². The minimum Gasteiger partial charge on any atom is -0.392 e. The van der Waals surface area contributed by atoms with E-state index in [1.807, 2.05) is 6.92 Å². The van der Waals surface area contributed by atoms with E-state index in [4.69, 9.17) is 9.51 Å². The van der Waals surface area contributed by atoms with Crippen molar-refractivity contribution in [1.82, 2.24) is 20.4 Å². The SMILES string of the molecule is Cc1ccc2nc(N3CCC(N[C@H]4CCCC[C@@H]4O)CC3)c(-c3noc(C)n3)cc2c1. The number of piperidine rings is 1. The molecular formula is C24H31N5O2. The van der Waals surface area contributed by atoms with Gasteiger partial charge in [-0.05, 0) is 50.8 Å². The number of hydrogen-bond acceptors (Lipinski definition) is 7. The fourth-order valence-corrected chi connectivity index (χ4v) is 4.97. The molecule has 1 aliphatic carbocycles. The lowest BCUT2D eigenvalue weighted by Gasteiger charge is -2.38. The van der Waals surface area contributed by atoms with E-state index in [1.165, 1.54) is 12.0 Å². The van der Waals surface area contributed by atoms with Crippen molar-refractivity contribution in [2.45, 2.75) is 70.6 Å². The largest absolute Gasteiger partial charge is 0.392 e. The first-order chi connectivity index (χ1) is 15.1. The quantitative estimate of drug-likeness (QED) is 0.663. The minimum atomic E-state index is -0.203. The van der Waals surface area contributed by atoms with Crippen LogP contribution in [0.1, 0.15) is 50.0 Å². The Labute approximate surface area is 182 Å². The Hall–Kier alpha value is -2.51. The number of pyridine rings is 1. The van der Waals surface area contributed by atoms with Crippen molar-refractivity contribution < 1.29 is 9.63 Å². The maximum Gasteiger partial charge on any atom is 0.223 e. The molecule has 2 N–H and O–H groups in total. The van der Waals surface area contributed by atoms with Gasteiger partial charge in [0.2, 0.25) is 11.7 Å². The number of aliphatic hydroxyl groups excluding tert-OH is 1. The summed E-state index contributed by atoms with van der Waals surface area (Å²) < 4.78 is 5.27. The van der Waals surface area contributed by atoms with Crippen LogP contribution in [-0.4, -0.2) is 51.5 Å². The van der Waals surface area contributed by atoms with Gasteiger partial charge in [0.1, 0.15) is 5.82 Å². The molecule has 0 bridgehead atoms. The smallest absolute Gasteiger partial charge is 0.223 e. The second kappa shape index (κ2) is 8.55. The number of aromatic nitrogens is 3. The average Bonchev–Trinajstić information content (AvgIpc) is 3.21. The Kier molecular flexibility index (Phi) is 5.63. The van der Waals surface area contributed by atoms with Crippen molar-refractivity contribution in [3.8, 4) is 11.4 Å². The van der Waals surface area contributed by atoms with E-state index in [9.17, 15) is 5.11 Å². The van der Waals surface area contributed by atoms with E-state index in [0.29, 0.717) is 17.8 Å². The summed E-state index contributed by atoms with van der Waals surface area (Å²) in [6.07, 6.45) is 6.21. The average molecular weight is 422 g/mol. The molecule has 7 heteroatoms. The van der Waals surface area contributed by atoms with Gasteiger partial charge in [0.15, 0.2) is 0 Å². The highest BCUT2D eigenvalue weighted by molar-refractivity contribution is 5.88. The highest BCUT2D eigenvalue weighted by Gasteiger charge is 2.29. The molecule has 164 valence electrons. The molecule has 2 aliphatic rings. The fraction of sp³-hybridized carbons (Fsp3) is 0.542. The van der Waals surface area contributed by atoms with E-state index < -0.39 is 0 Å². The van der Waals surface area contributed by atoms with Crippen LogP contribution in [0.5, 0.6) is 0 Å². The summed E-state index contributed by atoms with van der Waals surface area (Å²) in [5.74, 6) is 2.07. The molecule has 2 fully saturated rings. The predicted octanol–water partition coefficient (Wildman–Crippen LogP) is 3.76. The third-order valence-corrected chi connectivity index (χ3v) is 6.69. The Morgan fingerprint density at radius 3 is 2.58 bits per heavy atom. The summed E-state index contributed by atoms with van der Waals surface area (Å²) in [7, 11) is 0. The molecule has 0 amide bonds. The molecule has 0 radical (unpaired) electrons. The predicted molar refractivity (Wildman–Crippen MR) is 121 cm³/mol. The fourth-order valence-electron chi connectivity index (χ4n) is 4.97. The first-order valence-corrected chi connectivity index (χ1v) is 11.5. The molecule has 1 aromatic carbocycles. The lowest BCUT2D eigenvalue weighted by molar-refractivity contribution is 0.0828. The Bertz CT molecular complexity index is 1060. The molecule has 1 saturated carbocycles. The van der Waals surface area contributed by atoms with E-state index >= 15 is 0 Å². The van der Waals surface area contributed by atoms with Gasteiger partial charge in [-0.1, -0.05) is 29.6 Å². The van der Waals surface area contributed by atoms with Gasteiger partial charge in [-0.3, -0.25) is 0 Å². The molecule has 3 aromatic rings. The number of benzene rings is 1. The zero-order chi connectivity index (χ0) is 21.4. The molecule has 7 nitrogen and oxygen atoms in total. The molecule has 1 saturated heterocycles. The summed E-state index contributed by atoms with van der Waals surface area (Å²) in [5, 5.41) is 19.3. The third-order valence-electron chi connectivity index (χ3n) is 6.69. The van der Waals surface area contributed by atoms with Crippen LogP contribution in [0.2, 0.25) is 0 Å². The van der Waals surface area contributed by atoms with Crippen LogP contribution in [0.3, 0.4) is 0 Å². The van der Waals surface area contributed by atoms with Crippen LogP contribution in [0.4, 0.5) is 5.82 Å². The van der Waals surface area contributed by atoms with Crippen molar-refractivity contribution in [1.29, 1.82) is 0 Å². The number of rotatable bonds is 4. The number of nitrogens with zero attached hydrogens (tertiary/aromatic N) is 4. The van der Waals surface area contributed by atoms with Crippen molar-refractivity contribution >= 4 is 16.7 Å². The van der Waals surface area contributed by atoms with E-state index in [0.717, 1.165) is 67.5 Å². The van der Waals surface area contributed by atoms with Crippen LogP contribution in [0, 0.1) is 13.8 Å². The highest BCUT2D eigenvalue weighted by Crippen LogP contribution is 2.33. The number of nitrogens with one attached hydrogen (secondary N) is 1. The van der Waals surface area contributed by atoms with Crippen LogP contribution < -0.4 is 10.2 Å². The van der Waals surface area contributed by atoms with Crippen LogP contribution in [0.25, 0.3) is 22.3 Å². The maximum atomic E-state index is 10.3. The van der Waals surface area contributed by atoms with Gasteiger partial charge >= 0.3 is 0 Å². The van der Waals surface area contributed by atoms with Gasteiger partial charge in [0, 0.05) is 37.5 Å². The van der Waals surface area contributed by atoms with E-state index in [-0.39, 0.29) is 12.1 Å². The number of aliphatic hydroxyl groups is 1. The first-order valence-electron chi connectivity index (χ1n) is 11.5. The summed E-state index contributed by atoms with van der Waals surface area (Å²) in [5.41, 5.74) is 3.10. The van der Waals surface area contributed by atoms with E-state index in [1.54, 1.807) is 0 Å². The lowest BCUT2D eigenvalue weighted by atomic mass is 9.91. The van der Waals surface area contributed by atoms with Crippen molar-refractivity contribution in [3.63, 3.8) is 0 Å². The summed E-state index contributed by atoms with van der Waals surface area (Å²) in [6.45, 7) is 5.72. The lowest BCUT2D eigenvalue weighted by Crippen LogP contribution is -2.51. The topological polar surface area (TPSA) is 87.3 Å². The van der Waals surface area contributed by atoms with Gasteiger partial charge in [-0.25, -0.2) is 4.98 Å². The number of fused-ring (bicyclic) bond motifs is 1. The van der Waals surface area contributed by atoms with Crippen LogP contribution >= 0.6 is 0 Å². The van der Waals surface area contributed by atoms with Gasteiger partial charge in [0.05, 0.1) is 17.2 Å². The number of anilines is 1. The molecule has 0 unspecified atom stereocenters. The molecule has 3 heterocycles. The zero-order valence-corrected chi connectivity index (χ0v) is 18.3. The minimum absolute atomic E-state index is 0.203. The van der Waals surface area contributed by atoms with Gasteiger partial charge in [-0.15, -0.1) is 0 Å². The molecule has 1 aliphatic heterocycles. The second-order valence-electron chi connectivity index (χ2n) is 9.08. The normalized spacial score (nSPS) is 22.9. The molecule has 31 heavy (non-hydrogen) atoms. The number of aryl methyl sites for hydroxylation is 2. The Morgan fingerprint density at radius 1 is 1.03 bits per heavy atom. The molecule has 2 aromatic heterocycles. The van der Waals surface area contributed by atoms with Gasteiger partial charge in [-0.2, -0.15) is 4.98 Å². The molecule has 5 rings (SSSR count). The summed E-state index contributed by atoms with van der Waals surface area (Å²) in [4.78, 5) is 11.8. The van der Waals surface area contributed by atoms with Crippen LogP contribution in [0.15, 0.2) is 28.8 Å².